The van der Waals surface area contributed by atoms with E-state index in [1.54, 1.807) is 18.7 Å². The number of aliphatic carboxylic acids is 1. The van der Waals surface area contributed by atoms with Gasteiger partial charge < -0.3 is 34.9 Å². The van der Waals surface area contributed by atoms with Gasteiger partial charge in [0, 0.05) is 36.9 Å². The van der Waals surface area contributed by atoms with Crippen molar-refractivity contribution in [3.63, 3.8) is 0 Å². The summed E-state index contributed by atoms with van der Waals surface area (Å²) in [6.07, 6.45) is 9.40. The van der Waals surface area contributed by atoms with Gasteiger partial charge in [0.05, 0.1) is 12.1 Å². The van der Waals surface area contributed by atoms with E-state index in [1.807, 2.05) is 44.2 Å². The van der Waals surface area contributed by atoms with Crippen molar-refractivity contribution < 1.29 is 29.0 Å². The van der Waals surface area contributed by atoms with E-state index >= 15 is 0 Å². The van der Waals surface area contributed by atoms with Gasteiger partial charge in [0.25, 0.3) is 0 Å². The number of urea groups is 1. The number of nitrogens with zero attached hydrogens (tertiary/aromatic N) is 1. The molecule has 1 aromatic carbocycles. The molecule has 43 heavy (non-hydrogen) atoms. The number of amides is 3. The zero-order valence-corrected chi connectivity index (χ0v) is 27.0. The fourth-order valence-corrected chi connectivity index (χ4v) is 6.30. The van der Waals surface area contributed by atoms with Crippen molar-refractivity contribution in [2.75, 3.05) is 19.7 Å². The van der Waals surface area contributed by atoms with E-state index in [4.69, 9.17) is 9.47 Å². The fourth-order valence-electron chi connectivity index (χ4n) is 6.30. The maximum absolute atomic E-state index is 13.9. The molecule has 0 radical (unpaired) electrons. The molecule has 0 bridgehead atoms. The first-order valence-electron chi connectivity index (χ1n) is 16.3. The van der Waals surface area contributed by atoms with Crippen LogP contribution in [0.2, 0.25) is 0 Å². The van der Waals surface area contributed by atoms with Crippen LogP contribution in [0, 0.1) is 11.3 Å². The normalized spacial score (nSPS) is 21.4. The van der Waals surface area contributed by atoms with Gasteiger partial charge >= 0.3 is 6.03 Å². The molecular formula is C34H54N3O6-. The van der Waals surface area contributed by atoms with Gasteiger partial charge in [-0.25, -0.2) is 4.79 Å². The highest BCUT2D eigenvalue weighted by Gasteiger charge is 2.47. The van der Waals surface area contributed by atoms with Gasteiger partial charge in [0.2, 0.25) is 5.91 Å². The molecule has 2 fully saturated rings. The molecular weight excluding hydrogens is 546 g/mol. The Labute approximate surface area is 258 Å². The Morgan fingerprint density at radius 1 is 0.977 bits per heavy atom. The Morgan fingerprint density at radius 2 is 1.63 bits per heavy atom. The monoisotopic (exact) mass is 600 g/mol. The van der Waals surface area contributed by atoms with E-state index < -0.39 is 40.6 Å². The minimum Gasteiger partial charge on any atom is -0.550 e. The van der Waals surface area contributed by atoms with Gasteiger partial charge in [-0.2, -0.15) is 0 Å². The Hall–Kier alpha value is -2.65. The number of carbonyl (C=O) groups excluding carboxylic acids is 3. The quantitative estimate of drug-likeness (QED) is 0.276. The van der Waals surface area contributed by atoms with Crippen LogP contribution in [0.25, 0.3) is 0 Å². The maximum Gasteiger partial charge on any atom is 0.318 e. The molecule has 2 atom stereocenters. The second-order valence-electron chi connectivity index (χ2n) is 13.6. The van der Waals surface area contributed by atoms with Crippen molar-refractivity contribution in [2.45, 2.75) is 129 Å². The van der Waals surface area contributed by atoms with Crippen LogP contribution in [0.5, 0.6) is 0 Å². The summed E-state index contributed by atoms with van der Waals surface area (Å²) < 4.78 is 11.7. The number of hydrogen-bond donors (Lipinski definition) is 2. The van der Waals surface area contributed by atoms with Gasteiger partial charge in [-0.1, -0.05) is 102 Å². The fraction of sp³-hybridized carbons (Fsp3) is 0.735. The summed E-state index contributed by atoms with van der Waals surface area (Å²) in [4.78, 5) is 41.8. The minimum absolute atomic E-state index is 0.158. The number of hydrogen-bond acceptors (Lipinski definition) is 6. The summed E-state index contributed by atoms with van der Waals surface area (Å²) in [5.74, 6) is -3.69. The van der Waals surface area contributed by atoms with Crippen LogP contribution in [-0.4, -0.2) is 59.9 Å². The van der Waals surface area contributed by atoms with Crippen LogP contribution < -0.4 is 15.7 Å². The molecule has 1 heterocycles. The van der Waals surface area contributed by atoms with Crippen LogP contribution in [0.1, 0.15) is 111 Å². The van der Waals surface area contributed by atoms with E-state index in [0.29, 0.717) is 32.5 Å². The molecule has 0 aromatic heterocycles. The van der Waals surface area contributed by atoms with Crippen LogP contribution in [0.15, 0.2) is 30.3 Å². The van der Waals surface area contributed by atoms with Crippen molar-refractivity contribution >= 4 is 17.9 Å². The summed E-state index contributed by atoms with van der Waals surface area (Å²) in [6.45, 7) is 10.7. The highest BCUT2D eigenvalue weighted by Crippen LogP contribution is 2.37. The van der Waals surface area contributed by atoms with Crippen molar-refractivity contribution in [2.24, 2.45) is 11.3 Å². The zero-order chi connectivity index (χ0) is 31.5. The minimum atomic E-state index is -1.28. The third-order valence-corrected chi connectivity index (χ3v) is 8.96. The van der Waals surface area contributed by atoms with E-state index in [0.717, 1.165) is 44.1 Å². The van der Waals surface area contributed by atoms with Gasteiger partial charge in [-0.15, -0.1) is 0 Å². The standard InChI is InChI=1S/C34H55N3O6/c1-6-7-8-9-10-17-22-37(24-26-18-13-11-14-19-26)31(41)36-34(20-15-12-16-21-34)27(30(39)40)23-35-29(38)28-32(2,3)25-42-33(4,5)43-28/h11,13-14,18-19,27-28H,6-10,12,15-17,20-25H2,1-5H3,(H,35,38)(H,36,41)(H,39,40)/p-1. The second kappa shape index (κ2) is 15.9. The third-order valence-electron chi connectivity index (χ3n) is 8.96. The molecule has 3 rings (SSSR count). The molecule has 1 saturated heterocycles. The lowest BCUT2D eigenvalue weighted by atomic mass is 9.72. The molecule has 1 aliphatic heterocycles. The Kier molecular flexibility index (Phi) is 12.9. The van der Waals surface area contributed by atoms with Crippen LogP contribution in [0.3, 0.4) is 0 Å². The Bertz CT molecular complexity index is 1040. The van der Waals surface area contributed by atoms with Crippen molar-refractivity contribution in [3.05, 3.63) is 35.9 Å². The first-order valence-corrected chi connectivity index (χ1v) is 16.3. The van der Waals surface area contributed by atoms with Gasteiger partial charge in [0.15, 0.2) is 5.79 Å². The number of benzene rings is 1. The average Bonchev–Trinajstić information content (AvgIpc) is 2.96. The predicted molar refractivity (Wildman–Crippen MR) is 165 cm³/mol. The molecule has 0 spiro atoms. The first kappa shape index (κ1) is 34.8. The number of unbranched alkanes of at least 4 members (excludes halogenated alkanes) is 5. The van der Waals surface area contributed by atoms with Crippen LogP contribution >= 0.6 is 0 Å². The smallest absolute Gasteiger partial charge is 0.318 e. The molecule has 242 valence electrons. The average molecular weight is 601 g/mol. The van der Waals surface area contributed by atoms with Gasteiger partial charge in [0.1, 0.15) is 6.10 Å². The summed E-state index contributed by atoms with van der Waals surface area (Å²) in [5.41, 5.74) is -0.600. The number of ether oxygens (including phenoxy) is 2. The molecule has 2 N–H and O–H groups in total. The summed E-state index contributed by atoms with van der Waals surface area (Å²) in [6, 6.07) is 9.59. The second-order valence-corrected chi connectivity index (χ2v) is 13.6. The largest absolute Gasteiger partial charge is 0.550 e. The number of carboxylic acid groups (broad SMARTS) is 1. The summed E-state index contributed by atoms with van der Waals surface area (Å²) in [7, 11) is 0. The predicted octanol–water partition coefficient (Wildman–Crippen LogP) is 4.92. The highest BCUT2D eigenvalue weighted by molar-refractivity contribution is 5.83. The van der Waals surface area contributed by atoms with Crippen LogP contribution in [0.4, 0.5) is 4.79 Å². The van der Waals surface area contributed by atoms with Gasteiger partial charge in [-0.05, 0) is 38.7 Å². The lowest BCUT2D eigenvalue weighted by Crippen LogP contribution is -2.64. The topological polar surface area (TPSA) is 120 Å². The van der Waals surface area contributed by atoms with E-state index in [-0.39, 0.29) is 12.6 Å². The highest BCUT2D eigenvalue weighted by atomic mass is 16.7. The third kappa shape index (κ3) is 10.2. The van der Waals surface area contributed by atoms with Gasteiger partial charge in [-0.3, -0.25) is 4.79 Å². The van der Waals surface area contributed by atoms with Crippen molar-refractivity contribution in [3.8, 4) is 0 Å². The lowest BCUT2D eigenvalue weighted by molar-refractivity contribution is -0.314. The number of carbonyl (C=O) groups is 3. The molecule has 9 nitrogen and oxygen atoms in total. The van der Waals surface area contributed by atoms with Crippen molar-refractivity contribution in [1.29, 1.82) is 0 Å². The molecule has 9 heteroatoms. The Morgan fingerprint density at radius 3 is 2.28 bits per heavy atom. The summed E-state index contributed by atoms with van der Waals surface area (Å²) >= 11 is 0. The molecule has 3 amide bonds. The number of nitrogens with one attached hydrogen (secondary N) is 2. The molecule has 1 saturated carbocycles. The van der Waals surface area contributed by atoms with Crippen LogP contribution in [-0.2, 0) is 25.6 Å². The molecule has 1 aliphatic carbocycles. The molecule has 2 unspecified atom stereocenters. The lowest BCUT2D eigenvalue weighted by Gasteiger charge is -2.47. The summed E-state index contributed by atoms with van der Waals surface area (Å²) in [5, 5.41) is 18.7. The molecule has 1 aromatic rings. The number of carboxylic acids is 1. The maximum atomic E-state index is 13.9. The molecule has 2 aliphatic rings. The van der Waals surface area contributed by atoms with E-state index in [9.17, 15) is 19.5 Å². The SMILES string of the molecule is CCCCCCCCN(Cc1ccccc1)C(=O)NC1(C(CNC(=O)C2OC(C)(C)OCC2(C)C)C(=O)[O-])CCCCC1. The van der Waals surface area contributed by atoms with E-state index in [1.165, 1.54) is 19.3 Å². The van der Waals surface area contributed by atoms with E-state index in [2.05, 4.69) is 17.6 Å². The Balaban J connectivity index is 1.76. The first-order chi connectivity index (χ1) is 20.4. The number of rotatable bonds is 15. The van der Waals surface area contributed by atoms with Crippen molar-refractivity contribution in [1.82, 2.24) is 15.5 Å². The zero-order valence-electron chi connectivity index (χ0n) is 27.0.